The molecular weight excluding hydrogens is 382 g/mol. The van der Waals surface area contributed by atoms with E-state index in [4.69, 9.17) is 10.3 Å². The van der Waals surface area contributed by atoms with Crippen LogP contribution in [0.15, 0.2) is 28.8 Å². The predicted octanol–water partition coefficient (Wildman–Crippen LogP) is 2.65. The summed E-state index contributed by atoms with van der Waals surface area (Å²) < 4.78 is 5.17. The van der Waals surface area contributed by atoms with Gasteiger partial charge >= 0.3 is 0 Å². The van der Waals surface area contributed by atoms with Crippen molar-refractivity contribution in [2.45, 2.75) is 45.6 Å². The summed E-state index contributed by atoms with van der Waals surface area (Å²) >= 11 is 0. The average Bonchev–Trinajstić information content (AvgIpc) is 3.32. The molecule has 0 unspecified atom stereocenters. The third-order valence-corrected chi connectivity index (χ3v) is 3.93. The number of amides is 1. The van der Waals surface area contributed by atoms with E-state index in [9.17, 15) is 4.79 Å². The van der Waals surface area contributed by atoms with Crippen molar-refractivity contribution in [3.8, 4) is 11.4 Å². The van der Waals surface area contributed by atoms with Gasteiger partial charge in [-0.3, -0.25) is 9.89 Å². The first-order chi connectivity index (χ1) is 13.2. The van der Waals surface area contributed by atoms with Gasteiger partial charge in [-0.25, -0.2) is 4.98 Å². The Balaban J connectivity index is 0.00000280. The second kappa shape index (κ2) is 10.5. The monoisotopic (exact) mass is 405 g/mol. The molecule has 0 saturated heterocycles. The first kappa shape index (κ1) is 21.5. The molecule has 0 spiro atoms. The van der Waals surface area contributed by atoms with Gasteiger partial charge in [0.25, 0.3) is 0 Å². The zero-order valence-corrected chi connectivity index (χ0v) is 16.5. The number of H-pyrrole nitrogens is 1. The molecule has 150 valence electrons. The first-order valence-corrected chi connectivity index (χ1v) is 9.01. The number of aryl methyl sites for hydroxylation is 2. The lowest BCUT2D eigenvalue weighted by atomic mass is 10.2. The van der Waals surface area contributed by atoms with Crippen LogP contribution in [-0.4, -0.2) is 31.2 Å². The van der Waals surface area contributed by atoms with Crippen LogP contribution >= 0.6 is 12.4 Å². The van der Waals surface area contributed by atoms with Crippen LogP contribution in [0.1, 0.15) is 43.7 Å². The highest BCUT2D eigenvalue weighted by molar-refractivity contribution is 5.90. The topological polar surface area (TPSA) is 136 Å². The number of hydrogen-bond acceptors (Lipinski definition) is 7. The molecule has 2 aromatic heterocycles. The molecule has 0 aliphatic carbocycles. The molecular formula is C18H24ClN7O2. The Labute approximate surface area is 168 Å². The summed E-state index contributed by atoms with van der Waals surface area (Å²) in [6.07, 6.45) is 3.41. The number of nitrogens with zero attached hydrogens (tertiary/aromatic N) is 4. The molecule has 0 atom stereocenters. The number of aromatic amines is 1. The maximum atomic E-state index is 12.1. The van der Waals surface area contributed by atoms with Gasteiger partial charge in [0.1, 0.15) is 5.82 Å². The smallest absolute Gasteiger partial charge is 0.226 e. The standard InChI is InChI=1S/C18H23N7O2.ClH/c1-2-4-14-21-17(27-25-14)6-3-5-16(26)20-13-9-7-12(8-10-13)18-22-15(11-19)23-24-18;/h7-10H,2-6,11,19H2,1H3,(H,20,26)(H,22,23,24);1H. The molecule has 0 radical (unpaired) electrons. The van der Waals surface area contributed by atoms with Gasteiger partial charge in [0.05, 0.1) is 6.54 Å². The largest absolute Gasteiger partial charge is 0.339 e. The van der Waals surface area contributed by atoms with Crippen LogP contribution in [0.25, 0.3) is 11.4 Å². The number of halogens is 1. The normalized spacial score (nSPS) is 10.5. The third-order valence-electron chi connectivity index (χ3n) is 3.93. The number of aromatic nitrogens is 5. The fraction of sp³-hybridized carbons (Fsp3) is 0.389. The molecule has 1 aromatic carbocycles. The molecule has 9 nitrogen and oxygen atoms in total. The van der Waals surface area contributed by atoms with Crippen LogP contribution in [0, 0.1) is 0 Å². The minimum absolute atomic E-state index is 0. The maximum absolute atomic E-state index is 12.1. The highest BCUT2D eigenvalue weighted by atomic mass is 35.5. The van der Waals surface area contributed by atoms with Crippen LogP contribution in [0.3, 0.4) is 0 Å². The highest BCUT2D eigenvalue weighted by Crippen LogP contribution is 2.18. The van der Waals surface area contributed by atoms with Gasteiger partial charge in [-0.15, -0.1) is 12.4 Å². The van der Waals surface area contributed by atoms with E-state index in [0.29, 0.717) is 43.3 Å². The average molecular weight is 406 g/mol. The van der Waals surface area contributed by atoms with Crippen molar-refractivity contribution in [2.75, 3.05) is 5.32 Å². The minimum Gasteiger partial charge on any atom is -0.339 e. The Morgan fingerprint density at radius 1 is 1.21 bits per heavy atom. The molecule has 3 aromatic rings. The van der Waals surface area contributed by atoms with Crippen molar-refractivity contribution < 1.29 is 9.32 Å². The fourth-order valence-corrected chi connectivity index (χ4v) is 2.56. The molecule has 0 aliphatic heterocycles. The molecule has 3 rings (SSSR count). The molecule has 4 N–H and O–H groups in total. The number of benzene rings is 1. The van der Waals surface area contributed by atoms with E-state index >= 15 is 0 Å². The zero-order valence-electron chi connectivity index (χ0n) is 15.6. The van der Waals surface area contributed by atoms with Gasteiger partial charge in [-0.05, 0) is 37.1 Å². The second-order valence-corrected chi connectivity index (χ2v) is 6.14. The van der Waals surface area contributed by atoms with Crippen LogP contribution in [0.5, 0.6) is 0 Å². The van der Waals surface area contributed by atoms with E-state index in [1.165, 1.54) is 0 Å². The summed E-state index contributed by atoms with van der Waals surface area (Å²) in [5, 5.41) is 13.7. The molecule has 0 bridgehead atoms. The Bertz CT molecular complexity index is 876. The lowest BCUT2D eigenvalue weighted by Crippen LogP contribution is -2.11. The number of carbonyl (C=O) groups excluding carboxylic acids is 1. The number of hydrogen-bond donors (Lipinski definition) is 3. The maximum Gasteiger partial charge on any atom is 0.226 e. The van der Waals surface area contributed by atoms with Gasteiger partial charge < -0.3 is 15.6 Å². The predicted molar refractivity (Wildman–Crippen MR) is 107 cm³/mol. The molecule has 10 heteroatoms. The Morgan fingerprint density at radius 2 is 2.00 bits per heavy atom. The number of anilines is 1. The Morgan fingerprint density at radius 3 is 2.68 bits per heavy atom. The van der Waals surface area contributed by atoms with E-state index in [1.807, 2.05) is 24.3 Å². The highest BCUT2D eigenvalue weighted by Gasteiger charge is 2.09. The number of rotatable bonds is 9. The summed E-state index contributed by atoms with van der Waals surface area (Å²) in [5.74, 6) is 2.46. The Hall–Kier alpha value is -2.78. The second-order valence-electron chi connectivity index (χ2n) is 6.14. The van der Waals surface area contributed by atoms with Crippen LogP contribution in [0.4, 0.5) is 5.69 Å². The molecule has 28 heavy (non-hydrogen) atoms. The van der Waals surface area contributed by atoms with Crippen LogP contribution in [0.2, 0.25) is 0 Å². The van der Waals surface area contributed by atoms with Gasteiger partial charge in [0.15, 0.2) is 11.6 Å². The summed E-state index contributed by atoms with van der Waals surface area (Å²) in [7, 11) is 0. The summed E-state index contributed by atoms with van der Waals surface area (Å²) in [6, 6.07) is 7.35. The van der Waals surface area contributed by atoms with Gasteiger partial charge in [-0.2, -0.15) is 10.1 Å². The Kier molecular flexibility index (Phi) is 8.09. The van der Waals surface area contributed by atoms with E-state index < -0.39 is 0 Å². The summed E-state index contributed by atoms with van der Waals surface area (Å²) in [5.41, 5.74) is 7.09. The molecule has 0 fully saturated rings. The van der Waals surface area contributed by atoms with Gasteiger partial charge in [0, 0.05) is 30.5 Å². The molecule has 2 heterocycles. The summed E-state index contributed by atoms with van der Waals surface area (Å²) in [4.78, 5) is 20.7. The zero-order chi connectivity index (χ0) is 19.1. The van der Waals surface area contributed by atoms with Crippen molar-refractivity contribution in [1.29, 1.82) is 0 Å². The molecule has 0 aliphatic rings. The van der Waals surface area contributed by atoms with Gasteiger partial charge in [-0.1, -0.05) is 12.1 Å². The van der Waals surface area contributed by atoms with Crippen molar-refractivity contribution in [2.24, 2.45) is 5.73 Å². The molecule has 1 amide bonds. The van der Waals surface area contributed by atoms with Crippen LogP contribution < -0.4 is 11.1 Å². The van der Waals surface area contributed by atoms with E-state index in [2.05, 4.69) is 37.6 Å². The lowest BCUT2D eigenvalue weighted by Gasteiger charge is -2.05. The van der Waals surface area contributed by atoms with Crippen molar-refractivity contribution in [3.05, 3.63) is 41.8 Å². The quantitative estimate of drug-likeness (QED) is 0.497. The number of nitrogens with one attached hydrogen (secondary N) is 2. The van der Waals surface area contributed by atoms with Crippen LogP contribution in [-0.2, 0) is 24.2 Å². The van der Waals surface area contributed by atoms with E-state index in [1.54, 1.807) is 0 Å². The van der Waals surface area contributed by atoms with Crippen molar-refractivity contribution in [1.82, 2.24) is 25.3 Å². The van der Waals surface area contributed by atoms with Gasteiger partial charge in [0.2, 0.25) is 11.8 Å². The van der Waals surface area contributed by atoms with E-state index in [-0.39, 0.29) is 18.3 Å². The third kappa shape index (κ3) is 5.86. The summed E-state index contributed by atoms with van der Waals surface area (Å²) in [6.45, 7) is 2.38. The van der Waals surface area contributed by atoms with Crippen molar-refractivity contribution in [3.63, 3.8) is 0 Å². The number of carbonyl (C=O) groups is 1. The minimum atomic E-state index is -0.0561. The fourth-order valence-electron chi connectivity index (χ4n) is 2.56. The van der Waals surface area contributed by atoms with E-state index in [0.717, 1.165) is 29.9 Å². The first-order valence-electron chi connectivity index (χ1n) is 9.01. The molecule has 0 saturated carbocycles. The SMILES string of the molecule is CCCc1noc(CCCC(=O)Nc2ccc(-c3n[nH]c(CN)n3)cc2)n1.Cl. The lowest BCUT2D eigenvalue weighted by molar-refractivity contribution is -0.116. The number of nitrogens with two attached hydrogens (primary N) is 1. The van der Waals surface area contributed by atoms with Crippen molar-refractivity contribution >= 4 is 24.0 Å².